The standard InChI is InChI=1S/C20H24N6O3/c1-12-9-14(18-19(21-12)26-8-6-4-5-7-16(26)23-18)20(28)25(3)11-17(27)22-15-10-13(2)29-24-15/h9-10H,4-8,11H2,1-3H3,(H,22,24,27). The molecule has 1 N–H and O–H groups in total. The highest BCUT2D eigenvalue weighted by Crippen LogP contribution is 2.24. The van der Waals surface area contributed by atoms with Gasteiger partial charge in [-0.05, 0) is 32.8 Å². The van der Waals surface area contributed by atoms with Gasteiger partial charge in [0.05, 0.1) is 12.1 Å². The summed E-state index contributed by atoms with van der Waals surface area (Å²) in [5.41, 5.74) is 2.59. The van der Waals surface area contributed by atoms with Crippen molar-refractivity contribution in [3.63, 3.8) is 0 Å². The molecule has 0 fully saturated rings. The van der Waals surface area contributed by atoms with E-state index in [1.54, 1.807) is 26.1 Å². The van der Waals surface area contributed by atoms with Crippen LogP contribution < -0.4 is 5.32 Å². The Morgan fingerprint density at radius 3 is 2.79 bits per heavy atom. The molecule has 0 aromatic carbocycles. The van der Waals surface area contributed by atoms with Crippen molar-refractivity contribution in [1.29, 1.82) is 0 Å². The molecule has 152 valence electrons. The number of aromatic nitrogens is 4. The first-order valence-corrected chi connectivity index (χ1v) is 9.78. The number of rotatable bonds is 4. The summed E-state index contributed by atoms with van der Waals surface area (Å²) in [5.74, 6) is 1.29. The predicted octanol–water partition coefficient (Wildman–Crippen LogP) is 2.47. The van der Waals surface area contributed by atoms with Crippen LogP contribution in [0.4, 0.5) is 5.82 Å². The molecule has 0 atom stereocenters. The summed E-state index contributed by atoms with van der Waals surface area (Å²) in [5, 5.41) is 6.36. The Balaban J connectivity index is 1.58. The third-order valence-corrected chi connectivity index (χ3v) is 5.05. The van der Waals surface area contributed by atoms with Crippen molar-refractivity contribution < 1.29 is 14.1 Å². The van der Waals surface area contributed by atoms with Crippen LogP contribution in [-0.2, 0) is 17.8 Å². The fourth-order valence-corrected chi connectivity index (χ4v) is 3.68. The van der Waals surface area contributed by atoms with Crippen LogP contribution in [0.25, 0.3) is 11.2 Å². The first-order valence-electron chi connectivity index (χ1n) is 9.78. The lowest BCUT2D eigenvalue weighted by Crippen LogP contribution is -2.35. The van der Waals surface area contributed by atoms with Crippen LogP contribution in [0.1, 0.15) is 46.9 Å². The molecule has 0 saturated carbocycles. The number of nitrogens with one attached hydrogen (secondary N) is 1. The number of carbonyl (C=O) groups is 2. The summed E-state index contributed by atoms with van der Waals surface area (Å²) < 4.78 is 7.07. The van der Waals surface area contributed by atoms with Crippen LogP contribution in [0.15, 0.2) is 16.7 Å². The fourth-order valence-electron chi connectivity index (χ4n) is 3.68. The van der Waals surface area contributed by atoms with Gasteiger partial charge in [0.15, 0.2) is 11.5 Å². The van der Waals surface area contributed by atoms with Crippen LogP contribution in [-0.4, -0.2) is 50.0 Å². The van der Waals surface area contributed by atoms with E-state index in [0.29, 0.717) is 22.7 Å². The summed E-state index contributed by atoms with van der Waals surface area (Å²) in [6.45, 7) is 4.36. The van der Waals surface area contributed by atoms with Crippen molar-refractivity contribution in [1.82, 2.24) is 24.6 Å². The normalized spacial score (nSPS) is 13.8. The molecule has 0 spiro atoms. The number of pyridine rings is 1. The molecule has 1 aliphatic rings. The molecular weight excluding hydrogens is 372 g/mol. The second kappa shape index (κ2) is 7.65. The minimum absolute atomic E-state index is 0.110. The van der Waals surface area contributed by atoms with E-state index in [1.807, 2.05) is 6.92 Å². The quantitative estimate of drug-likeness (QED) is 0.726. The average molecular weight is 396 g/mol. The number of anilines is 1. The van der Waals surface area contributed by atoms with Gasteiger partial charge in [-0.3, -0.25) is 9.59 Å². The molecule has 0 bridgehead atoms. The Morgan fingerprint density at radius 1 is 1.21 bits per heavy atom. The van der Waals surface area contributed by atoms with Gasteiger partial charge in [0, 0.05) is 31.8 Å². The number of nitrogens with zero attached hydrogens (tertiary/aromatic N) is 5. The molecule has 0 saturated heterocycles. The summed E-state index contributed by atoms with van der Waals surface area (Å²) in [6, 6.07) is 3.36. The van der Waals surface area contributed by atoms with E-state index in [1.165, 1.54) is 11.3 Å². The first-order chi connectivity index (χ1) is 13.9. The van der Waals surface area contributed by atoms with Gasteiger partial charge in [0.2, 0.25) is 5.91 Å². The van der Waals surface area contributed by atoms with Gasteiger partial charge in [-0.15, -0.1) is 0 Å². The zero-order valence-corrected chi connectivity index (χ0v) is 16.9. The Kier molecular flexibility index (Phi) is 5.04. The zero-order chi connectivity index (χ0) is 20.5. The fraction of sp³-hybridized carbons (Fsp3) is 0.450. The maximum Gasteiger partial charge on any atom is 0.256 e. The van der Waals surface area contributed by atoms with E-state index < -0.39 is 0 Å². The Labute approximate surface area is 168 Å². The molecule has 9 heteroatoms. The molecule has 0 unspecified atom stereocenters. The molecule has 3 aromatic heterocycles. The molecule has 1 aliphatic heterocycles. The lowest BCUT2D eigenvalue weighted by atomic mass is 10.1. The van der Waals surface area contributed by atoms with Gasteiger partial charge in [0.1, 0.15) is 17.1 Å². The van der Waals surface area contributed by atoms with E-state index in [4.69, 9.17) is 9.51 Å². The maximum absolute atomic E-state index is 13.1. The maximum atomic E-state index is 13.1. The van der Waals surface area contributed by atoms with Crippen molar-refractivity contribution in [2.45, 2.75) is 46.1 Å². The van der Waals surface area contributed by atoms with Crippen molar-refractivity contribution in [3.8, 4) is 0 Å². The van der Waals surface area contributed by atoms with Gasteiger partial charge in [-0.25, -0.2) is 9.97 Å². The van der Waals surface area contributed by atoms with E-state index >= 15 is 0 Å². The largest absolute Gasteiger partial charge is 0.360 e. The topological polar surface area (TPSA) is 106 Å². The summed E-state index contributed by atoms with van der Waals surface area (Å²) in [6.07, 6.45) is 4.23. The lowest BCUT2D eigenvalue weighted by Gasteiger charge is -2.17. The number of aryl methyl sites for hydroxylation is 4. The van der Waals surface area contributed by atoms with Crippen LogP contribution in [0.2, 0.25) is 0 Å². The molecular formula is C20H24N6O3. The number of carbonyl (C=O) groups excluding carboxylic acids is 2. The van der Waals surface area contributed by atoms with Crippen molar-refractivity contribution in [2.75, 3.05) is 18.9 Å². The second-order valence-electron chi connectivity index (χ2n) is 7.51. The molecule has 4 rings (SSSR count). The first kappa shape index (κ1) is 19.1. The van der Waals surface area contributed by atoms with Crippen LogP contribution in [0.3, 0.4) is 0 Å². The van der Waals surface area contributed by atoms with E-state index in [9.17, 15) is 9.59 Å². The Morgan fingerprint density at radius 2 is 2.03 bits per heavy atom. The highest BCUT2D eigenvalue weighted by Gasteiger charge is 2.23. The number of fused-ring (bicyclic) bond motifs is 3. The van der Waals surface area contributed by atoms with Gasteiger partial charge in [-0.2, -0.15) is 0 Å². The van der Waals surface area contributed by atoms with Crippen molar-refractivity contribution in [3.05, 3.63) is 35.0 Å². The summed E-state index contributed by atoms with van der Waals surface area (Å²) in [7, 11) is 1.60. The highest BCUT2D eigenvalue weighted by molar-refractivity contribution is 6.06. The third-order valence-electron chi connectivity index (χ3n) is 5.05. The van der Waals surface area contributed by atoms with Gasteiger partial charge < -0.3 is 19.3 Å². The van der Waals surface area contributed by atoms with E-state index in [-0.39, 0.29) is 18.4 Å². The molecule has 0 aliphatic carbocycles. The number of imidazole rings is 1. The van der Waals surface area contributed by atoms with Crippen LogP contribution in [0.5, 0.6) is 0 Å². The number of likely N-dealkylation sites (N-methyl/N-ethyl adjacent to an activating group) is 1. The monoisotopic (exact) mass is 396 g/mol. The minimum Gasteiger partial charge on any atom is -0.360 e. The van der Waals surface area contributed by atoms with Crippen LogP contribution in [0, 0.1) is 13.8 Å². The van der Waals surface area contributed by atoms with E-state index in [2.05, 4.69) is 20.0 Å². The van der Waals surface area contributed by atoms with E-state index in [0.717, 1.165) is 43.0 Å². The average Bonchev–Trinajstić information content (AvgIpc) is 3.14. The van der Waals surface area contributed by atoms with Crippen molar-refractivity contribution >= 4 is 28.8 Å². The minimum atomic E-state index is -0.350. The molecule has 2 amide bonds. The zero-order valence-electron chi connectivity index (χ0n) is 16.9. The molecule has 4 heterocycles. The predicted molar refractivity (Wildman–Crippen MR) is 107 cm³/mol. The SMILES string of the molecule is Cc1cc(C(=O)N(C)CC(=O)Nc2cc(C)on2)c2nc3n(c2n1)CCCCC3. The summed E-state index contributed by atoms with van der Waals surface area (Å²) >= 11 is 0. The number of hydrogen-bond acceptors (Lipinski definition) is 6. The lowest BCUT2D eigenvalue weighted by molar-refractivity contribution is -0.116. The van der Waals surface area contributed by atoms with Gasteiger partial charge >= 0.3 is 0 Å². The highest BCUT2D eigenvalue weighted by atomic mass is 16.5. The molecule has 29 heavy (non-hydrogen) atoms. The number of hydrogen-bond donors (Lipinski definition) is 1. The third kappa shape index (κ3) is 3.85. The smallest absolute Gasteiger partial charge is 0.256 e. The molecule has 0 radical (unpaired) electrons. The summed E-state index contributed by atoms with van der Waals surface area (Å²) in [4.78, 5) is 36.2. The Hall–Kier alpha value is -3.23. The van der Waals surface area contributed by atoms with Gasteiger partial charge in [-0.1, -0.05) is 11.6 Å². The van der Waals surface area contributed by atoms with Crippen LogP contribution >= 0.6 is 0 Å². The molecule has 9 nitrogen and oxygen atoms in total. The molecule has 3 aromatic rings. The number of amides is 2. The second-order valence-corrected chi connectivity index (χ2v) is 7.51. The Bertz CT molecular complexity index is 1080. The van der Waals surface area contributed by atoms with Crippen molar-refractivity contribution in [2.24, 2.45) is 0 Å². The van der Waals surface area contributed by atoms with Gasteiger partial charge in [0.25, 0.3) is 5.91 Å².